The highest BCUT2D eigenvalue weighted by molar-refractivity contribution is 5.86. The highest BCUT2D eigenvalue weighted by Crippen LogP contribution is 2.18. The van der Waals surface area contributed by atoms with Gasteiger partial charge in [-0.2, -0.15) is 0 Å². The van der Waals surface area contributed by atoms with E-state index in [1.807, 2.05) is 38.1 Å². The van der Waals surface area contributed by atoms with Crippen LogP contribution in [0.5, 0.6) is 5.75 Å². The Morgan fingerprint density at radius 1 is 1.32 bits per heavy atom. The Kier molecular flexibility index (Phi) is 5.02. The summed E-state index contributed by atoms with van der Waals surface area (Å²) in [6, 6.07) is 7.41. The molecule has 0 aliphatic carbocycles. The van der Waals surface area contributed by atoms with Crippen molar-refractivity contribution in [2.24, 2.45) is 0 Å². The van der Waals surface area contributed by atoms with Crippen molar-refractivity contribution in [3.63, 3.8) is 0 Å². The molecule has 2 amide bonds. The molecular formula is C18H21N3O4. The normalized spacial score (nSPS) is 14.3. The van der Waals surface area contributed by atoms with Crippen LogP contribution in [0, 0.1) is 13.8 Å². The molecule has 0 unspecified atom stereocenters. The molecule has 1 saturated heterocycles. The Balaban J connectivity index is 1.55. The zero-order chi connectivity index (χ0) is 17.8. The van der Waals surface area contributed by atoms with Gasteiger partial charge in [0.2, 0.25) is 11.8 Å². The van der Waals surface area contributed by atoms with Crippen molar-refractivity contribution < 1.29 is 18.8 Å². The summed E-state index contributed by atoms with van der Waals surface area (Å²) in [7, 11) is 0. The van der Waals surface area contributed by atoms with Gasteiger partial charge in [0, 0.05) is 13.1 Å². The van der Waals surface area contributed by atoms with Gasteiger partial charge in [0.1, 0.15) is 18.1 Å². The van der Waals surface area contributed by atoms with Gasteiger partial charge in [-0.15, -0.1) is 0 Å². The van der Waals surface area contributed by atoms with Crippen LogP contribution < -0.4 is 10.1 Å². The monoisotopic (exact) mass is 343 g/mol. The fourth-order valence-electron chi connectivity index (χ4n) is 2.70. The molecule has 1 N–H and O–H groups in total. The van der Waals surface area contributed by atoms with Gasteiger partial charge in [-0.3, -0.25) is 9.59 Å². The van der Waals surface area contributed by atoms with E-state index in [4.69, 9.17) is 9.26 Å². The highest BCUT2D eigenvalue weighted by Gasteiger charge is 2.21. The lowest BCUT2D eigenvalue weighted by Gasteiger charge is -2.26. The lowest BCUT2D eigenvalue weighted by atomic mass is 10.1. The molecule has 2 heterocycles. The molecule has 0 atom stereocenters. The van der Waals surface area contributed by atoms with Gasteiger partial charge in [0.25, 0.3) is 0 Å². The number of ether oxygens (including phenoxy) is 1. The van der Waals surface area contributed by atoms with Crippen LogP contribution in [-0.4, -0.2) is 41.5 Å². The first-order valence-corrected chi connectivity index (χ1v) is 8.21. The quantitative estimate of drug-likeness (QED) is 0.886. The Morgan fingerprint density at radius 3 is 2.72 bits per heavy atom. The Labute approximate surface area is 145 Å². The molecule has 3 rings (SSSR count). The maximum absolute atomic E-state index is 12.3. The van der Waals surface area contributed by atoms with E-state index in [-0.39, 0.29) is 24.8 Å². The van der Waals surface area contributed by atoms with Crippen molar-refractivity contribution in [1.29, 1.82) is 0 Å². The molecule has 0 saturated carbocycles. The van der Waals surface area contributed by atoms with Gasteiger partial charge in [0.15, 0.2) is 0 Å². The second kappa shape index (κ2) is 7.38. The number of hydrogen-bond donors (Lipinski definition) is 1. The molecule has 25 heavy (non-hydrogen) atoms. The number of amides is 2. The molecule has 132 valence electrons. The third-order valence-corrected chi connectivity index (χ3v) is 4.23. The van der Waals surface area contributed by atoms with Crippen LogP contribution in [0.25, 0.3) is 0 Å². The Hall–Kier alpha value is -2.83. The molecule has 1 aliphatic heterocycles. The summed E-state index contributed by atoms with van der Waals surface area (Å²) < 4.78 is 10.9. The van der Waals surface area contributed by atoms with E-state index >= 15 is 0 Å². The minimum atomic E-state index is -0.109. The number of benzene rings is 1. The lowest BCUT2D eigenvalue weighted by molar-refractivity contribution is -0.137. The van der Waals surface area contributed by atoms with Crippen LogP contribution in [0.1, 0.15) is 22.6 Å². The summed E-state index contributed by atoms with van der Waals surface area (Å²) in [5.41, 5.74) is 2.66. The van der Waals surface area contributed by atoms with Gasteiger partial charge in [-0.25, -0.2) is 0 Å². The molecule has 2 aromatic rings. The van der Waals surface area contributed by atoms with Gasteiger partial charge in [-0.1, -0.05) is 17.3 Å². The number of carbonyl (C=O) groups excluding carboxylic acids is 2. The van der Waals surface area contributed by atoms with Crippen molar-refractivity contribution in [3.8, 4) is 5.75 Å². The van der Waals surface area contributed by atoms with E-state index in [1.165, 1.54) is 0 Å². The molecular weight excluding hydrogens is 322 g/mol. The summed E-state index contributed by atoms with van der Waals surface area (Å²) in [6.07, 6.45) is 0.275. The summed E-state index contributed by atoms with van der Waals surface area (Å²) in [5.74, 6) is 1.32. The predicted octanol–water partition coefficient (Wildman–Crippen LogP) is 1.37. The first-order chi connectivity index (χ1) is 12.0. The number of aromatic nitrogens is 1. The zero-order valence-corrected chi connectivity index (χ0v) is 14.4. The fraction of sp³-hybridized carbons (Fsp3) is 0.389. The van der Waals surface area contributed by atoms with Crippen molar-refractivity contribution in [1.82, 2.24) is 15.4 Å². The molecule has 7 heteroatoms. The maximum atomic E-state index is 12.3. The highest BCUT2D eigenvalue weighted by atomic mass is 16.5. The van der Waals surface area contributed by atoms with Gasteiger partial charge in [-0.05, 0) is 31.5 Å². The van der Waals surface area contributed by atoms with Crippen LogP contribution in [0.2, 0.25) is 0 Å². The Bertz CT molecular complexity index is 748. The third kappa shape index (κ3) is 4.17. The van der Waals surface area contributed by atoms with E-state index in [0.29, 0.717) is 25.4 Å². The van der Waals surface area contributed by atoms with Crippen LogP contribution >= 0.6 is 0 Å². The number of aryl methyl sites for hydroxylation is 2. The molecule has 1 aromatic carbocycles. The van der Waals surface area contributed by atoms with Gasteiger partial charge in [0.05, 0.1) is 24.2 Å². The largest absolute Gasteiger partial charge is 0.489 e. The number of rotatable bonds is 5. The van der Waals surface area contributed by atoms with E-state index in [0.717, 1.165) is 22.6 Å². The van der Waals surface area contributed by atoms with Crippen molar-refractivity contribution >= 4 is 11.8 Å². The van der Waals surface area contributed by atoms with Crippen molar-refractivity contribution in [2.45, 2.75) is 26.9 Å². The number of nitrogens with one attached hydrogen (secondary N) is 1. The van der Waals surface area contributed by atoms with Crippen LogP contribution in [0.15, 0.2) is 28.8 Å². The van der Waals surface area contributed by atoms with Gasteiger partial charge < -0.3 is 19.5 Å². The summed E-state index contributed by atoms with van der Waals surface area (Å²) in [6.45, 7) is 5.33. The summed E-state index contributed by atoms with van der Waals surface area (Å²) >= 11 is 0. The van der Waals surface area contributed by atoms with Crippen LogP contribution in [-0.2, 0) is 22.6 Å². The standard InChI is InChI=1S/C18H21N3O4/c1-12-16(13(2)25-20-12)11-24-15-5-3-14(4-6-15)9-18(23)21-8-7-19-17(22)10-21/h3-6H,7-11H2,1-2H3,(H,19,22). The molecule has 1 aliphatic rings. The Morgan fingerprint density at radius 2 is 2.08 bits per heavy atom. The average Bonchev–Trinajstić information content (AvgIpc) is 2.92. The number of piperazine rings is 1. The number of carbonyl (C=O) groups is 2. The SMILES string of the molecule is Cc1noc(C)c1COc1ccc(CC(=O)N2CCNC(=O)C2)cc1. The molecule has 1 aromatic heterocycles. The van der Waals surface area contributed by atoms with Crippen molar-refractivity contribution in [2.75, 3.05) is 19.6 Å². The lowest BCUT2D eigenvalue weighted by Crippen LogP contribution is -2.50. The summed E-state index contributed by atoms with van der Waals surface area (Å²) in [4.78, 5) is 25.2. The van der Waals surface area contributed by atoms with Crippen LogP contribution in [0.3, 0.4) is 0 Å². The molecule has 0 bridgehead atoms. The van der Waals surface area contributed by atoms with E-state index < -0.39 is 0 Å². The van der Waals surface area contributed by atoms with Crippen molar-refractivity contribution in [3.05, 3.63) is 46.8 Å². The van der Waals surface area contributed by atoms with E-state index in [2.05, 4.69) is 10.5 Å². The maximum Gasteiger partial charge on any atom is 0.239 e. The van der Waals surface area contributed by atoms with E-state index in [1.54, 1.807) is 4.90 Å². The summed E-state index contributed by atoms with van der Waals surface area (Å²) in [5, 5.41) is 6.61. The number of hydrogen-bond acceptors (Lipinski definition) is 5. The van der Waals surface area contributed by atoms with Crippen LogP contribution in [0.4, 0.5) is 0 Å². The molecule has 0 spiro atoms. The fourth-order valence-corrected chi connectivity index (χ4v) is 2.70. The van der Waals surface area contributed by atoms with Gasteiger partial charge >= 0.3 is 0 Å². The predicted molar refractivity (Wildman–Crippen MR) is 90.0 cm³/mol. The first-order valence-electron chi connectivity index (χ1n) is 8.21. The molecule has 1 fully saturated rings. The minimum absolute atomic E-state index is 0.0424. The molecule has 0 radical (unpaired) electrons. The number of nitrogens with zero attached hydrogens (tertiary/aromatic N) is 2. The molecule has 7 nitrogen and oxygen atoms in total. The zero-order valence-electron chi connectivity index (χ0n) is 14.4. The average molecular weight is 343 g/mol. The smallest absolute Gasteiger partial charge is 0.239 e. The minimum Gasteiger partial charge on any atom is -0.489 e. The van der Waals surface area contributed by atoms with E-state index in [9.17, 15) is 9.59 Å². The third-order valence-electron chi connectivity index (χ3n) is 4.23. The first kappa shape index (κ1) is 17.0. The second-order valence-electron chi connectivity index (χ2n) is 6.08. The second-order valence-corrected chi connectivity index (χ2v) is 6.08. The topological polar surface area (TPSA) is 84.7 Å².